The van der Waals surface area contributed by atoms with Gasteiger partial charge in [0.05, 0.1) is 13.2 Å². The average molecular weight is 518 g/mol. The minimum atomic E-state index is -1.49. The molecular weight excluding hydrogens is 478 g/mol. The quantitative estimate of drug-likeness (QED) is 0.105. The van der Waals surface area contributed by atoms with Gasteiger partial charge in [-0.3, -0.25) is 24.0 Å². The first-order chi connectivity index (χ1) is 16.7. The Bertz CT molecular complexity index is 788. The van der Waals surface area contributed by atoms with E-state index in [-0.39, 0.29) is 31.1 Å². The van der Waals surface area contributed by atoms with Crippen molar-refractivity contribution in [1.29, 1.82) is 0 Å². The molecule has 0 saturated carbocycles. The highest BCUT2D eigenvalue weighted by Gasteiger charge is 2.31. The Balaban J connectivity index is 5.54. The molecule has 0 rings (SSSR count). The molecule has 14 heteroatoms. The second-order valence-electron chi connectivity index (χ2n) is 9.22. The molecule has 0 aromatic carbocycles. The Morgan fingerprint density at radius 1 is 0.694 bits per heavy atom. The number of hydrogen-bond donors (Lipinski definition) is 8. The summed E-state index contributed by atoms with van der Waals surface area (Å²) in [5, 5.41) is 37.2. The smallest absolute Gasteiger partial charge is 0.326 e. The van der Waals surface area contributed by atoms with Crippen LogP contribution < -0.4 is 27.0 Å². The van der Waals surface area contributed by atoms with Crippen molar-refractivity contribution in [2.75, 3.05) is 13.2 Å². The van der Waals surface area contributed by atoms with E-state index in [0.717, 1.165) is 0 Å². The number of nitrogens with two attached hydrogens (primary N) is 1. The summed E-state index contributed by atoms with van der Waals surface area (Å²) in [6, 6.07) is -5.19. The number of rotatable bonds is 17. The van der Waals surface area contributed by atoms with Crippen LogP contribution in [0.1, 0.15) is 53.4 Å². The number of nitrogens with one attached hydrogen (secondary N) is 4. The Kier molecular flexibility index (Phi) is 14.9. The number of carbonyl (C=O) groups is 6. The number of carbonyl (C=O) groups excluding carboxylic acids is 4. The molecule has 0 heterocycles. The van der Waals surface area contributed by atoms with Gasteiger partial charge in [-0.15, -0.1) is 0 Å². The van der Waals surface area contributed by atoms with Crippen molar-refractivity contribution in [2.45, 2.75) is 77.5 Å². The molecule has 0 saturated heterocycles. The molecule has 0 aliphatic heterocycles. The largest absolute Gasteiger partial charge is 0.481 e. The van der Waals surface area contributed by atoms with Crippen LogP contribution in [0.15, 0.2) is 0 Å². The molecule has 4 atom stereocenters. The molecule has 0 radical (unpaired) electrons. The van der Waals surface area contributed by atoms with E-state index in [1.54, 1.807) is 27.7 Å². The van der Waals surface area contributed by atoms with Crippen molar-refractivity contribution < 1.29 is 44.1 Å². The van der Waals surface area contributed by atoms with Gasteiger partial charge in [0.15, 0.2) is 0 Å². The molecule has 0 aliphatic carbocycles. The number of carboxylic acid groups (broad SMARTS) is 2. The van der Waals surface area contributed by atoms with E-state index < -0.39 is 79.3 Å². The van der Waals surface area contributed by atoms with Gasteiger partial charge in [0, 0.05) is 6.42 Å². The second-order valence-corrected chi connectivity index (χ2v) is 9.22. The fourth-order valence-corrected chi connectivity index (χ4v) is 3.20. The van der Waals surface area contributed by atoms with E-state index in [9.17, 15) is 39.0 Å². The van der Waals surface area contributed by atoms with Crippen molar-refractivity contribution in [1.82, 2.24) is 21.3 Å². The third-order valence-corrected chi connectivity index (χ3v) is 4.96. The highest BCUT2D eigenvalue weighted by atomic mass is 16.4. The maximum atomic E-state index is 12.9. The van der Waals surface area contributed by atoms with Crippen LogP contribution in [0.25, 0.3) is 0 Å². The number of amides is 4. The zero-order valence-corrected chi connectivity index (χ0v) is 21.1. The van der Waals surface area contributed by atoms with Crippen LogP contribution in [-0.2, 0) is 28.8 Å². The Labute approximate surface area is 209 Å². The summed E-state index contributed by atoms with van der Waals surface area (Å²) in [6.07, 6.45) is -0.445. The van der Waals surface area contributed by atoms with E-state index in [1.165, 1.54) is 0 Å². The predicted octanol–water partition coefficient (Wildman–Crippen LogP) is -2.08. The van der Waals surface area contributed by atoms with Gasteiger partial charge in [-0.1, -0.05) is 27.7 Å². The summed E-state index contributed by atoms with van der Waals surface area (Å²) >= 11 is 0. The third-order valence-electron chi connectivity index (χ3n) is 4.96. The average Bonchev–Trinajstić information content (AvgIpc) is 2.77. The fraction of sp³-hybridized carbons (Fsp3) is 0.727. The molecule has 0 aliphatic rings. The van der Waals surface area contributed by atoms with Crippen molar-refractivity contribution in [3.8, 4) is 0 Å². The molecule has 0 spiro atoms. The maximum Gasteiger partial charge on any atom is 0.326 e. The first-order valence-corrected chi connectivity index (χ1v) is 11.7. The van der Waals surface area contributed by atoms with Crippen LogP contribution in [0.4, 0.5) is 0 Å². The first kappa shape index (κ1) is 32.7. The van der Waals surface area contributed by atoms with E-state index >= 15 is 0 Å². The lowest BCUT2D eigenvalue weighted by atomic mass is 10.0. The zero-order valence-electron chi connectivity index (χ0n) is 21.1. The summed E-state index contributed by atoms with van der Waals surface area (Å²) in [5.74, 6) is -5.89. The molecule has 0 bridgehead atoms. The SMILES string of the molecule is CC(C)C[C@H](NC(=O)[C@H](CO)NC(=O)[C@H](CC(C)C)NC(=O)[C@H](CCC(=O)O)NC(=O)CN)C(=O)O. The van der Waals surface area contributed by atoms with Crippen LogP contribution in [0, 0.1) is 11.8 Å². The lowest BCUT2D eigenvalue weighted by molar-refractivity contribution is -0.143. The predicted molar refractivity (Wildman–Crippen MR) is 127 cm³/mol. The number of carboxylic acids is 2. The van der Waals surface area contributed by atoms with Crippen molar-refractivity contribution in [3.05, 3.63) is 0 Å². The third kappa shape index (κ3) is 13.0. The molecule has 4 amide bonds. The maximum absolute atomic E-state index is 12.9. The van der Waals surface area contributed by atoms with Crippen LogP contribution in [0.5, 0.6) is 0 Å². The van der Waals surface area contributed by atoms with Gasteiger partial charge in [0.1, 0.15) is 24.2 Å². The molecule has 14 nitrogen and oxygen atoms in total. The van der Waals surface area contributed by atoms with Gasteiger partial charge in [-0.2, -0.15) is 0 Å². The van der Waals surface area contributed by atoms with E-state index in [2.05, 4.69) is 21.3 Å². The fourth-order valence-electron chi connectivity index (χ4n) is 3.20. The second kappa shape index (κ2) is 16.4. The van der Waals surface area contributed by atoms with Gasteiger partial charge in [-0.05, 0) is 31.1 Å². The van der Waals surface area contributed by atoms with Crippen LogP contribution >= 0.6 is 0 Å². The van der Waals surface area contributed by atoms with Gasteiger partial charge in [0.25, 0.3) is 0 Å². The minimum absolute atomic E-state index is 0.0481. The molecule has 36 heavy (non-hydrogen) atoms. The van der Waals surface area contributed by atoms with Gasteiger partial charge >= 0.3 is 11.9 Å². The number of aliphatic hydroxyl groups is 1. The van der Waals surface area contributed by atoms with Crippen LogP contribution in [0.3, 0.4) is 0 Å². The summed E-state index contributed by atoms with van der Waals surface area (Å²) in [4.78, 5) is 72.3. The molecule has 0 unspecified atom stereocenters. The summed E-state index contributed by atoms with van der Waals surface area (Å²) in [5.41, 5.74) is 5.25. The Morgan fingerprint density at radius 2 is 1.14 bits per heavy atom. The lowest BCUT2D eigenvalue weighted by Crippen LogP contribution is -2.59. The van der Waals surface area contributed by atoms with Gasteiger partial charge in [0.2, 0.25) is 23.6 Å². The number of aliphatic hydroxyl groups excluding tert-OH is 1. The summed E-state index contributed by atoms with van der Waals surface area (Å²) in [7, 11) is 0. The van der Waals surface area contributed by atoms with Gasteiger partial charge < -0.3 is 42.3 Å². The molecule has 9 N–H and O–H groups in total. The number of aliphatic carboxylic acids is 2. The van der Waals surface area contributed by atoms with E-state index in [1.807, 2.05) is 0 Å². The Morgan fingerprint density at radius 3 is 1.58 bits per heavy atom. The highest BCUT2D eigenvalue weighted by Crippen LogP contribution is 2.08. The zero-order chi connectivity index (χ0) is 28.0. The minimum Gasteiger partial charge on any atom is -0.481 e. The van der Waals surface area contributed by atoms with Crippen molar-refractivity contribution in [3.63, 3.8) is 0 Å². The molecule has 0 aromatic rings. The first-order valence-electron chi connectivity index (χ1n) is 11.7. The Hall–Kier alpha value is -3.26. The molecule has 0 fully saturated rings. The lowest BCUT2D eigenvalue weighted by Gasteiger charge is -2.26. The molecular formula is C22H39N5O9. The molecule has 206 valence electrons. The van der Waals surface area contributed by atoms with Crippen LogP contribution in [0.2, 0.25) is 0 Å². The van der Waals surface area contributed by atoms with E-state index in [0.29, 0.717) is 0 Å². The summed E-state index contributed by atoms with van der Waals surface area (Å²) in [6.45, 7) is 5.81. The molecule has 0 aromatic heterocycles. The van der Waals surface area contributed by atoms with E-state index in [4.69, 9.17) is 10.8 Å². The summed E-state index contributed by atoms with van der Waals surface area (Å²) < 4.78 is 0. The van der Waals surface area contributed by atoms with Crippen molar-refractivity contribution in [2.24, 2.45) is 17.6 Å². The standard InChI is InChI=1S/C22H39N5O9/c1-11(2)7-14(25-19(32)13(5-6-18(30)31)24-17(29)9-23)20(33)27-16(10-28)21(34)26-15(22(35)36)8-12(3)4/h11-16,28H,5-10,23H2,1-4H3,(H,24,29)(H,25,32)(H,26,34)(H,27,33)(H,30,31)(H,35,36)/t13-,14-,15-,16-/m0/s1. The monoisotopic (exact) mass is 517 g/mol. The topological polar surface area (TPSA) is 237 Å². The van der Waals surface area contributed by atoms with Crippen LogP contribution in [-0.4, -0.2) is 88.2 Å². The van der Waals surface area contributed by atoms with Crippen molar-refractivity contribution >= 4 is 35.6 Å². The highest BCUT2D eigenvalue weighted by molar-refractivity contribution is 5.95. The van der Waals surface area contributed by atoms with Gasteiger partial charge in [-0.25, -0.2) is 4.79 Å². The number of hydrogen-bond acceptors (Lipinski definition) is 8. The normalized spacial score (nSPS) is 14.3.